The number of anilines is 3. The molecule has 6 rings (SSSR count). The molecule has 2 nitrogen and oxygen atoms in total. The fourth-order valence-corrected chi connectivity index (χ4v) is 4.93. The molecule has 0 saturated heterocycles. The van der Waals surface area contributed by atoms with E-state index < -0.39 is 0 Å². The predicted molar refractivity (Wildman–Crippen MR) is 136 cm³/mol. The van der Waals surface area contributed by atoms with Gasteiger partial charge in [0.1, 0.15) is 5.75 Å². The summed E-state index contributed by atoms with van der Waals surface area (Å²) in [6.45, 7) is 0. The normalized spacial score (nSPS) is 12.0. The molecule has 0 fully saturated rings. The maximum Gasteiger partial charge on any atom is 0.155 e. The number of benzene rings is 5. The lowest BCUT2D eigenvalue weighted by atomic mass is 9.99. The van der Waals surface area contributed by atoms with E-state index in [9.17, 15) is 0 Å². The second-order valence-electron chi connectivity index (χ2n) is 7.97. The maximum absolute atomic E-state index is 6.56. The summed E-state index contributed by atoms with van der Waals surface area (Å²) in [6, 6.07) is 38.2. The van der Waals surface area contributed by atoms with Crippen LogP contribution in [0.4, 0.5) is 17.1 Å². The summed E-state index contributed by atoms with van der Waals surface area (Å²) < 4.78 is 7.54. The molecule has 3 heteroatoms. The van der Waals surface area contributed by atoms with Crippen LogP contribution in [0.3, 0.4) is 0 Å². The van der Waals surface area contributed by atoms with Gasteiger partial charge in [-0.05, 0) is 63.1 Å². The summed E-state index contributed by atoms with van der Waals surface area (Å²) >= 11 is 3.67. The second-order valence-corrected chi connectivity index (χ2v) is 8.83. The van der Waals surface area contributed by atoms with Crippen LogP contribution in [0.2, 0.25) is 0 Å². The second kappa shape index (κ2) is 7.85. The van der Waals surface area contributed by atoms with E-state index >= 15 is 0 Å². The molecule has 1 heterocycles. The van der Waals surface area contributed by atoms with E-state index in [0.717, 1.165) is 39.5 Å². The summed E-state index contributed by atoms with van der Waals surface area (Å²) in [5, 5.41) is 2.44. The lowest BCUT2D eigenvalue weighted by Gasteiger charge is -2.31. The molecule has 0 radical (unpaired) electrons. The SMILES string of the molecule is Brc1cccc2c1Oc1c(cccc1N(c1ccccc1)c1ccc3ccccc3c1)C2. The summed E-state index contributed by atoms with van der Waals surface area (Å²) in [7, 11) is 0. The first kappa shape index (κ1) is 19.1. The van der Waals surface area contributed by atoms with E-state index in [4.69, 9.17) is 4.74 Å². The minimum atomic E-state index is 0.846. The quantitative estimate of drug-likeness (QED) is 0.252. The van der Waals surface area contributed by atoms with E-state index in [1.807, 2.05) is 12.1 Å². The van der Waals surface area contributed by atoms with Crippen LogP contribution in [0.1, 0.15) is 11.1 Å². The number of hydrogen-bond donors (Lipinski definition) is 0. The van der Waals surface area contributed by atoms with Crippen molar-refractivity contribution < 1.29 is 4.74 Å². The Morgan fingerprint density at radius 1 is 0.594 bits per heavy atom. The van der Waals surface area contributed by atoms with Crippen LogP contribution in [-0.4, -0.2) is 0 Å². The number of rotatable bonds is 3. The number of nitrogens with zero attached hydrogens (tertiary/aromatic N) is 1. The zero-order chi connectivity index (χ0) is 21.5. The first-order valence-electron chi connectivity index (χ1n) is 10.7. The van der Waals surface area contributed by atoms with Crippen molar-refractivity contribution in [1.82, 2.24) is 0 Å². The Kier molecular flexibility index (Phi) is 4.70. The minimum Gasteiger partial charge on any atom is -0.453 e. The van der Waals surface area contributed by atoms with E-state index in [2.05, 4.69) is 118 Å². The Morgan fingerprint density at radius 3 is 2.16 bits per heavy atom. The molecular formula is C29H20BrNO. The Bertz CT molecular complexity index is 1440. The number of halogens is 1. The monoisotopic (exact) mass is 477 g/mol. The maximum atomic E-state index is 6.56. The first-order chi connectivity index (χ1) is 15.8. The molecule has 154 valence electrons. The van der Waals surface area contributed by atoms with E-state index in [1.165, 1.54) is 21.9 Å². The van der Waals surface area contributed by atoms with Gasteiger partial charge in [0.2, 0.25) is 0 Å². The molecule has 0 N–H and O–H groups in total. The molecule has 1 aliphatic heterocycles. The highest BCUT2D eigenvalue weighted by Crippen LogP contribution is 2.48. The Balaban J connectivity index is 1.55. The van der Waals surface area contributed by atoms with Crippen LogP contribution in [0, 0.1) is 0 Å². The average Bonchev–Trinajstić information content (AvgIpc) is 2.84. The van der Waals surface area contributed by atoms with Crippen molar-refractivity contribution in [3.63, 3.8) is 0 Å². The van der Waals surface area contributed by atoms with E-state index in [-0.39, 0.29) is 0 Å². The van der Waals surface area contributed by atoms with Crippen LogP contribution in [0.25, 0.3) is 10.8 Å². The van der Waals surface area contributed by atoms with Gasteiger partial charge in [-0.1, -0.05) is 72.8 Å². The summed E-state index contributed by atoms with van der Waals surface area (Å²) in [4.78, 5) is 2.28. The topological polar surface area (TPSA) is 12.5 Å². The van der Waals surface area contributed by atoms with Crippen molar-refractivity contribution in [3.05, 3.63) is 125 Å². The van der Waals surface area contributed by atoms with Crippen molar-refractivity contribution in [2.45, 2.75) is 6.42 Å². The Hall–Kier alpha value is -3.56. The van der Waals surface area contributed by atoms with Crippen molar-refractivity contribution in [3.8, 4) is 11.5 Å². The van der Waals surface area contributed by atoms with Crippen molar-refractivity contribution in [1.29, 1.82) is 0 Å². The molecular weight excluding hydrogens is 458 g/mol. The fourth-order valence-electron chi connectivity index (χ4n) is 4.44. The third-order valence-corrected chi connectivity index (χ3v) is 6.58. The molecule has 0 saturated carbocycles. The van der Waals surface area contributed by atoms with Gasteiger partial charge >= 0.3 is 0 Å². The number of ether oxygens (including phenoxy) is 1. The van der Waals surface area contributed by atoms with Gasteiger partial charge in [-0.3, -0.25) is 0 Å². The van der Waals surface area contributed by atoms with Crippen LogP contribution >= 0.6 is 15.9 Å². The van der Waals surface area contributed by atoms with Gasteiger partial charge < -0.3 is 9.64 Å². The third kappa shape index (κ3) is 3.26. The first-order valence-corrected chi connectivity index (χ1v) is 11.5. The van der Waals surface area contributed by atoms with Gasteiger partial charge in [-0.15, -0.1) is 0 Å². The number of hydrogen-bond acceptors (Lipinski definition) is 2. The molecule has 0 aromatic heterocycles. The lowest BCUT2D eigenvalue weighted by molar-refractivity contribution is 0.458. The molecule has 0 aliphatic carbocycles. The molecule has 0 unspecified atom stereocenters. The molecule has 0 spiro atoms. The van der Waals surface area contributed by atoms with Crippen molar-refractivity contribution >= 4 is 43.8 Å². The zero-order valence-electron chi connectivity index (χ0n) is 17.3. The van der Waals surface area contributed by atoms with Gasteiger partial charge in [0.25, 0.3) is 0 Å². The highest BCUT2D eigenvalue weighted by Gasteiger charge is 2.25. The molecule has 0 bridgehead atoms. The standard InChI is InChI=1S/C29H20BrNO/c30-26-14-6-10-22-18-23-11-7-15-27(29(23)32-28(22)26)31(24-12-2-1-3-13-24)25-17-16-20-8-4-5-9-21(20)19-25/h1-17,19H,18H2. The van der Waals surface area contributed by atoms with Crippen LogP contribution in [-0.2, 0) is 6.42 Å². The smallest absolute Gasteiger partial charge is 0.155 e. The van der Waals surface area contributed by atoms with Crippen molar-refractivity contribution in [2.24, 2.45) is 0 Å². The minimum absolute atomic E-state index is 0.846. The summed E-state index contributed by atoms with van der Waals surface area (Å²) in [6.07, 6.45) is 0.846. The highest BCUT2D eigenvalue weighted by molar-refractivity contribution is 9.10. The largest absolute Gasteiger partial charge is 0.453 e. The van der Waals surface area contributed by atoms with Crippen LogP contribution in [0.15, 0.2) is 114 Å². The van der Waals surface area contributed by atoms with Gasteiger partial charge in [-0.25, -0.2) is 0 Å². The predicted octanol–water partition coefficient (Wildman–Crippen LogP) is 8.77. The number of para-hydroxylation sites is 3. The van der Waals surface area contributed by atoms with Crippen LogP contribution < -0.4 is 9.64 Å². The number of fused-ring (bicyclic) bond motifs is 3. The molecule has 1 aliphatic rings. The van der Waals surface area contributed by atoms with Gasteiger partial charge in [0.15, 0.2) is 5.75 Å². The molecule has 5 aromatic rings. The van der Waals surface area contributed by atoms with Gasteiger partial charge in [-0.2, -0.15) is 0 Å². The Labute approximate surface area is 195 Å². The van der Waals surface area contributed by atoms with Gasteiger partial charge in [0, 0.05) is 28.9 Å². The molecule has 0 atom stereocenters. The van der Waals surface area contributed by atoms with Crippen molar-refractivity contribution in [2.75, 3.05) is 4.90 Å². The lowest BCUT2D eigenvalue weighted by Crippen LogP contribution is -2.13. The fraction of sp³-hybridized carbons (Fsp3) is 0.0345. The Morgan fingerprint density at radius 2 is 1.31 bits per heavy atom. The van der Waals surface area contributed by atoms with Crippen LogP contribution in [0.5, 0.6) is 11.5 Å². The molecule has 0 amide bonds. The molecule has 5 aromatic carbocycles. The van der Waals surface area contributed by atoms with Gasteiger partial charge in [0.05, 0.1) is 10.2 Å². The average molecular weight is 478 g/mol. The molecule has 32 heavy (non-hydrogen) atoms. The summed E-state index contributed by atoms with van der Waals surface area (Å²) in [5.74, 6) is 1.81. The highest BCUT2D eigenvalue weighted by atomic mass is 79.9. The zero-order valence-corrected chi connectivity index (χ0v) is 18.9. The van der Waals surface area contributed by atoms with E-state index in [1.54, 1.807) is 0 Å². The summed E-state index contributed by atoms with van der Waals surface area (Å²) in [5.41, 5.74) is 5.61. The third-order valence-electron chi connectivity index (χ3n) is 5.96. The van der Waals surface area contributed by atoms with E-state index in [0.29, 0.717) is 0 Å².